The molecule has 1 nitrogen and oxygen atoms in total. The summed E-state index contributed by atoms with van der Waals surface area (Å²) < 4.78 is 5.14. The zero-order chi connectivity index (χ0) is 12.5. The molecular formula is C16H24O. The molecule has 0 bridgehead atoms. The number of aryl methyl sites for hydroxylation is 1. The molecule has 0 aliphatic carbocycles. The van der Waals surface area contributed by atoms with Crippen LogP contribution in [0.2, 0.25) is 0 Å². The van der Waals surface area contributed by atoms with Crippen molar-refractivity contribution in [1.29, 1.82) is 0 Å². The van der Waals surface area contributed by atoms with E-state index in [1.807, 2.05) is 12.1 Å². The van der Waals surface area contributed by atoms with E-state index in [0.717, 1.165) is 5.75 Å². The molecule has 0 unspecified atom stereocenters. The van der Waals surface area contributed by atoms with Crippen molar-refractivity contribution in [2.24, 2.45) is 0 Å². The van der Waals surface area contributed by atoms with Gasteiger partial charge < -0.3 is 4.74 Å². The van der Waals surface area contributed by atoms with Crippen molar-refractivity contribution in [1.82, 2.24) is 0 Å². The van der Waals surface area contributed by atoms with Crippen molar-refractivity contribution in [2.45, 2.75) is 46.0 Å². The molecule has 0 aromatic heterocycles. The Morgan fingerprint density at radius 1 is 1.06 bits per heavy atom. The molecule has 0 radical (unpaired) electrons. The van der Waals surface area contributed by atoms with E-state index in [1.54, 1.807) is 7.11 Å². The summed E-state index contributed by atoms with van der Waals surface area (Å²) in [5.74, 6) is 0.942. The van der Waals surface area contributed by atoms with Gasteiger partial charge in [0.25, 0.3) is 0 Å². The van der Waals surface area contributed by atoms with Crippen LogP contribution in [0, 0.1) is 0 Å². The van der Waals surface area contributed by atoms with Gasteiger partial charge in [-0.15, -0.1) is 0 Å². The van der Waals surface area contributed by atoms with E-state index >= 15 is 0 Å². The molecule has 1 aromatic rings. The SMILES string of the molecule is COc1ccc(CCCCCC=C(C)C)cc1. The van der Waals surface area contributed by atoms with Crippen molar-refractivity contribution < 1.29 is 4.74 Å². The number of unbranched alkanes of at least 4 members (excludes halogenated alkanes) is 3. The molecule has 0 atom stereocenters. The fourth-order valence-corrected chi connectivity index (χ4v) is 1.83. The Kier molecular flexibility index (Phi) is 6.46. The fraction of sp³-hybridized carbons (Fsp3) is 0.500. The van der Waals surface area contributed by atoms with Gasteiger partial charge in [0.2, 0.25) is 0 Å². The first kappa shape index (κ1) is 13.8. The summed E-state index contributed by atoms with van der Waals surface area (Å²) in [6.45, 7) is 4.33. The molecule has 0 N–H and O–H groups in total. The molecule has 0 heterocycles. The van der Waals surface area contributed by atoms with Crippen LogP contribution in [0.3, 0.4) is 0 Å². The number of allylic oxidation sites excluding steroid dienone is 2. The summed E-state index contributed by atoms with van der Waals surface area (Å²) >= 11 is 0. The van der Waals surface area contributed by atoms with Crippen LogP contribution in [0.1, 0.15) is 45.1 Å². The second kappa shape index (κ2) is 7.94. The van der Waals surface area contributed by atoms with Gasteiger partial charge in [0, 0.05) is 0 Å². The summed E-state index contributed by atoms with van der Waals surface area (Å²) in [4.78, 5) is 0. The second-order valence-corrected chi connectivity index (χ2v) is 4.73. The molecule has 1 rings (SSSR count). The summed E-state index contributed by atoms with van der Waals surface area (Å²) in [5.41, 5.74) is 2.84. The molecule has 0 fully saturated rings. The molecule has 1 aromatic carbocycles. The Labute approximate surface area is 106 Å². The van der Waals surface area contributed by atoms with Gasteiger partial charge in [-0.3, -0.25) is 0 Å². The third kappa shape index (κ3) is 6.15. The predicted molar refractivity (Wildman–Crippen MR) is 74.6 cm³/mol. The largest absolute Gasteiger partial charge is 0.497 e. The average Bonchev–Trinajstić information content (AvgIpc) is 2.34. The Morgan fingerprint density at radius 2 is 1.76 bits per heavy atom. The topological polar surface area (TPSA) is 9.23 Å². The normalized spacial score (nSPS) is 10.1. The number of hydrogen-bond acceptors (Lipinski definition) is 1. The maximum absolute atomic E-state index is 5.14. The van der Waals surface area contributed by atoms with Crippen LogP contribution < -0.4 is 4.74 Å². The quantitative estimate of drug-likeness (QED) is 0.486. The van der Waals surface area contributed by atoms with Crippen molar-refractivity contribution in [3.05, 3.63) is 41.5 Å². The van der Waals surface area contributed by atoms with Crippen LogP contribution in [0.4, 0.5) is 0 Å². The number of hydrogen-bond donors (Lipinski definition) is 0. The standard InChI is InChI=1S/C16H24O/c1-14(2)8-6-4-5-7-9-15-10-12-16(17-3)13-11-15/h8,10-13H,4-7,9H2,1-3H3. The number of ether oxygens (including phenoxy) is 1. The van der Waals surface area contributed by atoms with Gasteiger partial charge in [0.05, 0.1) is 7.11 Å². The minimum atomic E-state index is 0.942. The van der Waals surface area contributed by atoms with Gasteiger partial charge in [-0.2, -0.15) is 0 Å². The number of benzene rings is 1. The van der Waals surface area contributed by atoms with E-state index in [9.17, 15) is 0 Å². The molecule has 17 heavy (non-hydrogen) atoms. The van der Waals surface area contributed by atoms with Crippen LogP contribution in [0.5, 0.6) is 5.75 Å². The fourth-order valence-electron chi connectivity index (χ4n) is 1.83. The van der Waals surface area contributed by atoms with Gasteiger partial charge in [0.1, 0.15) is 5.75 Å². The lowest BCUT2D eigenvalue weighted by molar-refractivity contribution is 0.414. The maximum Gasteiger partial charge on any atom is 0.118 e. The molecule has 0 saturated heterocycles. The summed E-state index contributed by atoms with van der Waals surface area (Å²) in [6, 6.07) is 8.40. The molecule has 0 aliphatic rings. The zero-order valence-electron chi connectivity index (χ0n) is 11.3. The van der Waals surface area contributed by atoms with E-state index < -0.39 is 0 Å². The zero-order valence-corrected chi connectivity index (χ0v) is 11.3. The van der Waals surface area contributed by atoms with E-state index in [1.165, 1.54) is 43.2 Å². The van der Waals surface area contributed by atoms with Gasteiger partial charge in [-0.25, -0.2) is 0 Å². The molecule has 0 spiro atoms. The highest BCUT2D eigenvalue weighted by molar-refractivity contribution is 5.27. The average molecular weight is 232 g/mol. The Bertz CT molecular complexity index is 331. The highest BCUT2D eigenvalue weighted by Crippen LogP contribution is 2.14. The van der Waals surface area contributed by atoms with Crippen molar-refractivity contribution in [3.63, 3.8) is 0 Å². The smallest absolute Gasteiger partial charge is 0.118 e. The maximum atomic E-state index is 5.14. The summed E-state index contributed by atoms with van der Waals surface area (Å²) in [5, 5.41) is 0. The Balaban J connectivity index is 2.15. The van der Waals surface area contributed by atoms with E-state index in [2.05, 4.69) is 32.1 Å². The van der Waals surface area contributed by atoms with Crippen LogP contribution in [0.15, 0.2) is 35.9 Å². The molecule has 0 aliphatic heterocycles. The first-order valence-electron chi connectivity index (χ1n) is 6.48. The molecular weight excluding hydrogens is 208 g/mol. The van der Waals surface area contributed by atoms with E-state index in [0.29, 0.717) is 0 Å². The molecule has 94 valence electrons. The Morgan fingerprint density at radius 3 is 2.35 bits per heavy atom. The van der Waals surface area contributed by atoms with Crippen LogP contribution in [0.25, 0.3) is 0 Å². The van der Waals surface area contributed by atoms with Crippen LogP contribution >= 0.6 is 0 Å². The Hall–Kier alpha value is -1.24. The number of methoxy groups -OCH3 is 1. The highest BCUT2D eigenvalue weighted by Gasteiger charge is 1.95. The van der Waals surface area contributed by atoms with Gasteiger partial charge in [0.15, 0.2) is 0 Å². The van der Waals surface area contributed by atoms with E-state index in [-0.39, 0.29) is 0 Å². The molecule has 0 saturated carbocycles. The number of rotatable bonds is 7. The minimum Gasteiger partial charge on any atom is -0.497 e. The van der Waals surface area contributed by atoms with Gasteiger partial charge in [-0.1, -0.05) is 30.2 Å². The molecule has 0 amide bonds. The first-order chi connectivity index (χ1) is 8.22. The van der Waals surface area contributed by atoms with Crippen molar-refractivity contribution in [2.75, 3.05) is 7.11 Å². The van der Waals surface area contributed by atoms with E-state index in [4.69, 9.17) is 4.74 Å². The van der Waals surface area contributed by atoms with Crippen LogP contribution in [-0.4, -0.2) is 7.11 Å². The van der Waals surface area contributed by atoms with Gasteiger partial charge in [-0.05, 0) is 57.2 Å². The monoisotopic (exact) mass is 232 g/mol. The van der Waals surface area contributed by atoms with Gasteiger partial charge >= 0.3 is 0 Å². The lowest BCUT2D eigenvalue weighted by Gasteiger charge is -2.03. The third-order valence-corrected chi connectivity index (χ3v) is 2.88. The summed E-state index contributed by atoms with van der Waals surface area (Å²) in [6.07, 6.45) is 8.64. The second-order valence-electron chi connectivity index (χ2n) is 4.73. The predicted octanol–water partition coefficient (Wildman–Crippen LogP) is 4.76. The highest BCUT2D eigenvalue weighted by atomic mass is 16.5. The molecule has 1 heteroatoms. The van der Waals surface area contributed by atoms with Crippen molar-refractivity contribution in [3.8, 4) is 5.75 Å². The lowest BCUT2D eigenvalue weighted by Crippen LogP contribution is -1.87. The van der Waals surface area contributed by atoms with Crippen molar-refractivity contribution >= 4 is 0 Å². The summed E-state index contributed by atoms with van der Waals surface area (Å²) in [7, 11) is 1.71. The lowest BCUT2D eigenvalue weighted by atomic mass is 10.1. The minimum absolute atomic E-state index is 0.942. The first-order valence-corrected chi connectivity index (χ1v) is 6.48. The third-order valence-electron chi connectivity index (χ3n) is 2.88. The van der Waals surface area contributed by atoms with Crippen LogP contribution in [-0.2, 0) is 6.42 Å².